The van der Waals surface area contributed by atoms with Gasteiger partial charge in [-0.3, -0.25) is 0 Å². The summed E-state index contributed by atoms with van der Waals surface area (Å²) < 4.78 is 0. The highest BCUT2D eigenvalue weighted by atomic mass is 14.9. The van der Waals surface area contributed by atoms with Crippen molar-refractivity contribution in [3.05, 3.63) is 12.7 Å². The first kappa shape index (κ1) is 11.8. The molecule has 0 aliphatic heterocycles. The van der Waals surface area contributed by atoms with Gasteiger partial charge < -0.3 is 5.32 Å². The minimum absolute atomic E-state index is 0.759. The zero-order valence-electron chi connectivity index (χ0n) is 9.60. The molecule has 0 aromatic carbocycles. The summed E-state index contributed by atoms with van der Waals surface area (Å²) in [5.41, 5.74) is 0. The number of rotatable bonds is 6. The van der Waals surface area contributed by atoms with Crippen LogP contribution in [0.4, 0.5) is 0 Å². The Kier molecular flexibility index (Phi) is 5.93. The fourth-order valence-corrected chi connectivity index (χ4v) is 2.55. The van der Waals surface area contributed by atoms with Crippen LogP contribution in [0.3, 0.4) is 0 Å². The Morgan fingerprint density at radius 2 is 2.07 bits per heavy atom. The van der Waals surface area contributed by atoms with Gasteiger partial charge in [0.1, 0.15) is 0 Å². The van der Waals surface area contributed by atoms with Gasteiger partial charge in [0.25, 0.3) is 0 Å². The van der Waals surface area contributed by atoms with Crippen molar-refractivity contribution in [2.24, 2.45) is 5.92 Å². The van der Waals surface area contributed by atoms with Crippen LogP contribution >= 0.6 is 0 Å². The smallest absolute Gasteiger partial charge is 0.00928 e. The lowest BCUT2D eigenvalue weighted by atomic mass is 9.83. The van der Waals surface area contributed by atoms with E-state index in [0.717, 1.165) is 24.9 Å². The third-order valence-electron chi connectivity index (χ3n) is 3.41. The predicted octanol–water partition coefficient (Wildman–Crippen LogP) is 3.51. The maximum absolute atomic E-state index is 3.76. The van der Waals surface area contributed by atoms with E-state index in [-0.39, 0.29) is 0 Å². The Morgan fingerprint density at radius 1 is 1.36 bits per heavy atom. The van der Waals surface area contributed by atoms with E-state index >= 15 is 0 Å². The van der Waals surface area contributed by atoms with E-state index in [1.165, 1.54) is 38.5 Å². The van der Waals surface area contributed by atoms with Crippen LogP contribution in [-0.4, -0.2) is 12.6 Å². The summed E-state index contributed by atoms with van der Waals surface area (Å²) in [7, 11) is 0. The maximum atomic E-state index is 3.76. The molecule has 1 nitrogen and oxygen atoms in total. The van der Waals surface area contributed by atoms with Gasteiger partial charge in [0, 0.05) is 6.04 Å². The van der Waals surface area contributed by atoms with Crippen molar-refractivity contribution >= 4 is 0 Å². The van der Waals surface area contributed by atoms with Gasteiger partial charge in [0.15, 0.2) is 0 Å². The summed E-state index contributed by atoms with van der Waals surface area (Å²) >= 11 is 0. The third-order valence-corrected chi connectivity index (χ3v) is 3.41. The van der Waals surface area contributed by atoms with E-state index in [1.807, 2.05) is 6.08 Å². The minimum atomic E-state index is 0.759. The molecule has 1 aliphatic rings. The van der Waals surface area contributed by atoms with Gasteiger partial charge in [-0.1, -0.05) is 32.3 Å². The lowest BCUT2D eigenvalue weighted by molar-refractivity contribution is 0.264. The lowest BCUT2D eigenvalue weighted by Gasteiger charge is -2.30. The second kappa shape index (κ2) is 7.05. The summed E-state index contributed by atoms with van der Waals surface area (Å²) in [5, 5.41) is 3.67. The average molecular weight is 195 g/mol. The van der Waals surface area contributed by atoms with Crippen molar-refractivity contribution < 1.29 is 0 Å². The Hall–Kier alpha value is -0.300. The molecule has 1 aliphatic carbocycles. The highest BCUT2D eigenvalue weighted by Gasteiger charge is 2.21. The highest BCUT2D eigenvalue weighted by Crippen LogP contribution is 2.27. The van der Waals surface area contributed by atoms with Crippen molar-refractivity contribution in [1.82, 2.24) is 5.32 Å². The Morgan fingerprint density at radius 3 is 2.64 bits per heavy atom. The largest absolute Gasteiger partial charge is 0.313 e. The van der Waals surface area contributed by atoms with E-state index in [0.29, 0.717) is 0 Å². The van der Waals surface area contributed by atoms with Crippen LogP contribution in [0.5, 0.6) is 0 Å². The van der Waals surface area contributed by atoms with Gasteiger partial charge >= 0.3 is 0 Å². The van der Waals surface area contributed by atoms with E-state index in [4.69, 9.17) is 0 Å². The molecule has 1 fully saturated rings. The second-order valence-corrected chi connectivity index (χ2v) is 4.44. The average Bonchev–Trinajstić information content (AvgIpc) is 2.26. The van der Waals surface area contributed by atoms with E-state index < -0.39 is 0 Å². The molecule has 0 aromatic heterocycles. The summed E-state index contributed by atoms with van der Waals surface area (Å²) in [6, 6.07) is 0.759. The Bertz CT molecular complexity index is 147. The monoisotopic (exact) mass is 195 g/mol. The first-order chi connectivity index (χ1) is 6.88. The van der Waals surface area contributed by atoms with Crippen LogP contribution < -0.4 is 5.32 Å². The van der Waals surface area contributed by atoms with E-state index in [1.54, 1.807) is 0 Å². The molecule has 1 N–H and O–H groups in total. The summed E-state index contributed by atoms with van der Waals surface area (Å²) in [4.78, 5) is 0. The summed E-state index contributed by atoms with van der Waals surface area (Å²) in [5.74, 6) is 0.943. The van der Waals surface area contributed by atoms with Gasteiger partial charge in [-0.15, -0.1) is 6.58 Å². The molecule has 1 atom stereocenters. The molecule has 0 spiro atoms. The zero-order valence-corrected chi connectivity index (χ0v) is 9.60. The highest BCUT2D eigenvalue weighted by molar-refractivity contribution is 4.79. The molecule has 0 heterocycles. The standard InChI is InChI=1S/C13H25N/c1-3-5-11-14-13(4-2)12-9-7-6-8-10-12/h3,12-14H,1,4-11H2,2H3. The van der Waals surface area contributed by atoms with Crippen LogP contribution in [0.1, 0.15) is 51.9 Å². The Balaban J connectivity index is 2.24. The van der Waals surface area contributed by atoms with Gasteiger partial charge in [-0.25, -0.2) is 0 Å². The quantitative estimate of drug-likeness (QED) is 0.505. The third kappa shape index (κ3) is 3.83. The van der Waals surface area contributed by atoms with Crippen LogP contribution in [-0.2, 0) is 0 Å². The van der Waals surface area contributed by atoms with Crippen LogP contribution in [0, 0.1) is 5.92 Å². The molecule has 82 valence electrons. The topological polar surface area (TPSA) is 12.0 Å². The van der Waals surface area contributed by atoms with Gasteiger partial charge in [-0.2, -0.15) is 0 Å². The number of hydrogen-bond acceptors (Lipinski definition) is 1. The molecule has 0 saturated heterocycles. The normalized spacial score (nSPS) is 20.6. The first-order valence-electron chi connectivity index (χ1n) is 6.22. The molecule has 0 amide bonds. The molecular formula is C13H25N. The fraction of sp³-hybridized carbons (Fsp3) is 0.846. The van der Waals surface area contributed by atoms with Crippen LogP contribution in [0.2, 0.25) is 0 Å². The summed E-state index contributed by atoms with van der Waals surface area (Å²) in [6.07, 6.45) is 11.6. The van der Waals surface area contributed by atoms with Gasteiger partial charge in [-0.05, 0) is 38.1 Å². The molecule has 14 heavy (non-hydrogen) atoms. The predicted molar refractivity (Wildman–Crippen MR) is 63.5 cm³/mol. The lowest BCUT2D eigenvalue weighted by Crippen LogP contribution is -2.37. The number of nitrogens with one attached hydrogen (secondary N) is 1. The molecule has 1 saturated carbocycles. The molecule has 1 unspecified atom stereocenters. The first-order valence-corrected chi connectivity index (χ1v) is 6.22. The molecule has 0 bridgehead atoms. The molecule has 1 heteroatoms. The van der Waals surface area contributed by atoms with Crippen LogP contribution in [0.15, 0.2) is 12.7 Å². The molecule has 0 aromatic rings. The zero-order chi connectivity index (χ0) is 10.2. The molecule has 0 radical (unpaired) electrons. The summed E-state index contributed by atoms with van der Waals surface area (Å²) in [6.45, 7) is 7.17. The molecular weight excluding hydrogens is 170 g/mol. The van der Waals surface area contributed by atoms with Crippen molar-refractivity contribution in [3.8, 4) is 0 Å². The van der Waals surface area contributed by atoms with E-state index in [9.17, 15) is 0 Å². The minimum Gasteiger partial charge on any atom is -0.313 e. The SMILES string of the molecule is C=CCCNC(CC)C1CCCCC1. The van der Waals surface area contributed by atoms with Crippen molar-refractivity contribution in [1.29, 1.82) is 0 Å². The Labute approximate surface area is 89.0 Å². The van der Waals surface area contributed by atoms with Crippen molar-refractivity contribution in [3.63, 3.8) is 0 Å². The van der Waals surface area contributed by atoms with Gasteiger partial charge in [0.05, 0.1) is 0 Å². The maximum Gasteiger partial charge on any atom is 0.00928 e. The van der Waals surface area contributed by atoms with Crippen molar-refractivity contribution in [2.75, 3.05) is 6.54 Å². The van der Waals surface area contributed by atoms with Crippen molar-refractivity contribution in [2.45, 2.75) is 57.9 Å². The van der Waals surface area contributed by atoms with E-state index in [2.05, 4.69) is 18.8 Å². The van der Waals surface area contributed by atoms with Crippen LogP contribution in [0.25, 0.3) is 0 Å². The number of hydrogen-bond donors (Lipinski definition) is 1. The molecule has 1 rings (SSSR count). The second-order valence-electron chi connectivity index (χ2n) is 4.44. The fourth-order valence-electron chi connectivity index (χ4n) is 2.55. The van der Waals surface area contributed by atoms with Gasteiger partial charge in [0.2, 0.25) is 0 Å².